The fourth-order valence-electron chi connectivity index (χ4n) is 2.91. The number of rotatable bonds is 3. The molecular formula is C15H16FN5O. The van der Waals surface area contributed by atoms with E-state index in [1.807, 2.05) is 6.07 Å². The summed E-state index contributed by atoms with van der Waals surface area (Å²) in [5.41, 5.74) is 0.404. The number of nitrogens with zero attached hydrogens (tertiary/aromatic N) is 4. The summed E-state index contributed by atoms with van der Waals surface area (Å²) < 4.78 is 13.4. The first-order valence-corrected chi connectivity index (χ1v) is 7.10. The predicted octanol–water partition coefficient (Wildman–Crippen LogP) is 1.30. The molecule has 0 bridgehead atoms. The molecule has 1 aromatic carbocycles. The van der Waals surface area contributed by atoms with Gasteiger partial charge in [0.15, 0.2) is 0 Å². The van der Waals surface area contributed by atoms with Crippen LogP contribution in [-0.2, 0) is 12.1 Å². The first-order chi connectivity index (χ1) is 10.6. The molecule has 1 aliphatic rings. The van der Waals surface area contributed by atoms with Crippen LogP contribution in [0, 0.1) is 17.1 Å². The van der Waals surface area contributed by atoms with Crippen LogP contribution in [0.2, 0.25) is 0 Å². The molecule has 1 fully saturated rings. The number of β-amino-alcohol motifs (C(OH)–C–C–N with tert-alkyl or cyclic N) is 1. The van der Waals surface area contributed by atoms with Crippen LogP contribution in [0.1, 0.15) is 29.7 Å². The first-order valence-electron chi connectivity index (χ1n) is 7.10. The molecular weight excluding hydrogens is 285 g/mol. The fraction of sp³-hybridized carbons (Fsp3) is 0.400. The largest absolute Gasteiger partial charge is 0.382 e. The lowest BCUT2D eigenvalue weighted by molar-refractivity contribution is -0.0414. The van der Waals surface area contributed by atoms with Crippen LogP contribution in [0.15, 0.2) is 24.4 Å². The van der Waals surface area contributed by atoms with Gasteiger partial charge in [0.25, 0.3) is 0 Å². The molecule has 114 valence electrons. The van der Waals surface area contributed by atoms with E-state index in [2.05, 4.69) is 20.3 Å². The zero-order valence-electron chi connectivity index (χ0n) is 12.0. The van der Waals surface area contributed by atoms with Gasteiger partial charge in [-0.3, -0.25) is 4.90 Å². The molecule has 1 atom stereocenters. The first kappa shape index (κ1) is 14.6. The van der Waals surface area contributed by atoms with Crippen LogP contribution in [0.5, 0.6) is 0 Å². The molecule has 1 saturated heterocycles. The van der Waals surface area contributed by atoms with Gasteiger partial charge in [0.1, 0.15) is 23.2 Å². The second kappa shape index (κ2) is 5.83. The summed E-state index contributed by atoms with van der Waals surface area (Å²) >= 11 is 0. The summed E-state index contributed by atoms with van der Waals surface area (Å²) in [6.07, 6.45) is 2.99. The number of nitriles is 1. The van der Waals surface area contributed by atoms with E-state index in [-0.39, 0.29) is 5.56 Å². The molecule has 1 aliphatic heterocycles. The van der Waals surface area contributed by atoms with Gasteiger partial charge >= 0.3 is 0 Å². The van der Waals surface area contributed by atoms with Gasteiger partial charge in [-0.15, -0.1) is 0 Å². The van der Waals surface area contributed by atoms with Crippen LogP contribution in [0.4, 0.5) is 4.39 Å². The summed E-state index contributed by atoms with van der Waals surface area (Å²) in [4.78, 5) is 2.08. The average Bonchev–Trinajstić information content (AvgIpc) is 3.04. The van der Waals surface area contributed by atoms with E-state index in [0.29, 0.717) is 25.2 Å². The summed E-state index contributed by atoms with van der Waals surface area (Å²) in [6.45, 7) is 1.81. The van der Waals surface area contributed by atoms with E-state index in [0.717, 1.165) is 18.5 Å². The Morgan fingerprint density at radius 2 is 2.36 bits per heavy atom. The Hall–Kier alpha value is -2.30. The number of halogens is 1. The fourth-order valence-corrected chi connectivity index (χ4v) is 2.91. The second-order valence-electron chi connectivity index (χ2n) is 5.63. The maximum absolute atomic E-state index is 13.4. The molecule has 0 unspecified atom stereocenters. The molecule has 0 saturated carbocycles. The van der Waals surface area contributed by atoms with Crippen molar-refractivity contribution in [2.45, 2.75) is 25.0 Å². The topological polar surface area (TPSA) is 88.8 Å². The lowest BCUT2D eigenvalue weighted by atomic mass is 9.90. The molecule has 6 nitrogen and oxygen atoms in total. The predicted molar refractivity (Wildman–Crippen MR) is 75.9 cm³/mol. The standard InChI is InChI=1S/C15H16FN5O/c16-13-3-2-11(6-12(13)7-17)9-21-5-1-4-15(22,10-21)14-8-18-20-19-14/h2-3,6,8,22H,1,4-5,9-10H2,(H,18,19,20)/t15-/m1/s1. The Kier molecular flexibility index (Phi) is 3.88. The van der Waals surface area contributed by atoms with E-state index in [4.69, 9.17) is 5.26 Å². The summed E-state index contributed by atoms with van der Waals surface area (Å²) in [5, 5.41) is 29.9. The van der Waals surface area contributed by atoms with Crippen molar-refractivity contribution in [2.75, 3.05) is 13.1 Å². The molecule has 0 aliphatic carbocycles. The van der Waals surface area contributed by atoms with Crippen molar-refractivity contribution in [3.63, 3.8) is 0 Å². The SMILES string of the molecule is N#Cc1cc(CN2CCC[C@](O)(c3cn[nH]n3)C2)ccc1F. The molecule has 2 aromatic rings. The smallest absolute Gasteiger partial charge is 0.140 e. The van der Waals surface area contributed by atoms with Gasteiger partial charge < -0.3 is 5.11 Å². The highest BCUT2D eigenvalue weighted by Gasteiger charge is 2.37. The van der Waals surface area contributed by atoms with Gasteiger partial charge in [0.2, 0.25) is 0 Å². The molecule has 22 heavy (non-hydrogen) atoms. The second-order valence-corrected chi connectivity index (χ2v) is 5.63. The Morgan fingerprint density at radius 1 is 1.50 bits per heavy atom. The van der Waals surface area contributed by atoms with Gasteiger partial charge in [-0.2, -0.15) is 20.7 Å². The number of aromatic nitrogens is 3. The molecule has 3 rings (SSSR count). The monoisotopic (exact) mass is 301 g/mol. The number of aromatic amines is 1. The van der Waals surface area contributed by atoms with Crippen LogP contribution >= 0.6 is 0 Å². The zero-order chi connectivity index (χ0) is 15.6. The number of H-pyrrole nitrogens is 1. The van der Waals surface area contributed by atoms with Crippen molar-refractivity contribution < 1.29 is 9.50 Å². The lowest BCUT2D eigenvalue weighted by Crippen LogP contribution is -2.45. The van der Waals surface area contributed by atoms with Crippen molar-refractivity contribution >= 4 is 0 Å². The minimum atomic E-state index is -1.02. The highest BCUT2D eigenvalue weighted by molar-refractivity contribution is 5.34. The molecule has 2 heterocycles. The third kappa shape index (κ3) is 2.84. The van der Waals surface area contributed by atoms with E-state index in [9.17, 15) is 9.50 Å². The maximum atomic E-state index is 13.4. The highest BCUT2D eigenvalue weighted by atomic mass is 19.1. The Morgan fingerprint density at radius 3 is 3.09 bits per heavy atom. The number of hydrogen-bond donors (Lipinski definition) is 2. The van der Waals surface area contributed by atoms with Crippen LogP contribution in [-0.4, -0.2) is 38.5 Å². The number of nitrogens with one attached hydrogen (secondary N) is 1. The third-order valence-electron chi connectivity index (χ3n) is 4.00. The Balaban J connectivity index is 1.75. The van der Waals surface area contributed by atoms with Gasteiger partial charge in [0, 0.05) is 13.1 Å². The zero-order valence-corrected chi connectivity index (χ0v) is 12.0. The summed E-state index contributed by atoms with van der Waals surface area (Å²) in [6, 6.07) is 6.37. The molecule has 0 spiro atoms. The highest BCUT2D eigenvalue weighted by Crippen LogP contribution is 2.30. The molecule has 1 aromatic heterocycles. The van der Waals surface area contributed by atoms with E-state index >= 15 is 0 Å². The average molecular weight is 301 g/mol. The molecule has 0 radical (unpaired) electrons. The molecule has 7 heteroatoms. The number of hydrogen-bond acceptors (Lipinski definition) is 5. The third-order valence-corrected chi connectivity index (χ3v) is 4.00. The summed E-state index contributed by atoms with van der Waals surface area (Å²) in [7, 11) is 0. The number of aliphatic hydroxyl groups is 1. The quantitative estimate of drug-likeness (QED) is 0.892. The Bertz CT molecular complexity index is 696. The summed E-state index contributed by atoms with van der Waals surface area (Å²) in [5.74, 6) is -0.510. The van der Waals surface area contributed by atoms with E-state index in [1.54, 1.807) is 12.1 Å². The Labute approximate surface area is 127 Å². The van der Waals surface area contributed by atoms with Gasteiger partial charge in [-0.05, 0) is 37.1 Å². The van der Waals surface area contributed by atoms with Crippen molar-refractivity contribution in [2.24, 2.45) is 0 Å². The van der Waals surface area contributed by atoms with Gasteiger partial charge in [0.05, 0.1) is 11.8 Å². The van der Waals surface area contributed by atoms with Crippen LogP contribution in [0.25, 0.3) is 0 Å². The lowest BCUT2D eigenvalue weighted by Gasteiger charge is -2.38. The maximum Gasteiger partial charge on any atom is 0.140 e. The molecule has 2 N–H and O–H groups in total. The van der Waals surface area contributed by atoms with Crippen molar-refractivity contribution in [1.82, 2.24) is 20.3 Å². The number of benzene rings is 1. The molecule has 0 amide bonds. The van der Waals surface area contributed by atoms with E-state index in [1.165, 1.54) is 12.3 Å². The number of likely N-dealkylation sites (tertiary alicyclic amines) is 1. The van der Waals surface area contributed by atoms with Gasteiger partial charge in [-0.25, -0.2) is 4.39 Å². The number of piperidine rings is 1. The van der Waals surface area contributed by atoms with Crippen LogP contribution < -0.4 is 0 Å². The normalized spacial score (nSPS) is 22.4. The van der Waals surface area contributed by atoms with Crippen LogP contribution in [0.3, 0.4) is 0 Å². The minimum absolute atomic E-state index is 0.0428. The van der Waals surface area contributed by atoms with Gasteiger partial charge in [-0.1, -0.05) is 6.07 Å². The van der Waals surface area contributed by atoms with Crippen molar-refractivity contribution in [1.29, 1.82) is 5.26 Å². The van der Waals surface area contributed by atoms with E-state index < -0.39 is 11.4 Å². The van der Waals surface area contributed by atoms with Crippen molar-refractivity contribution in [3.05, 3.63) is 47.0 Å². The minimum Gasteiger partial charge on any atom is -0.382 e. The van der Waals surface area contributed by atoms with Crippen molar-refractivity contribution in [3.8, 4) is 6.07 Å².